The van der Waals surface area contributed by atoms with E-state index >= 15 is 0 Å². The highest BCUT2D eigenvalue weighted by molar-refractivity contribution is 4.81. The summed E-state index contributed by atoms with van der Waals surface area (Å²) in [7, 11) is 1.98. The lowest BCUT2D eigenvalue weighted by molar-refractivity contribution is -0.0300. The highest BCUT2D eigenvalue weighted by atomic mass is 16.3. The van der Waals surface area contributed by atoms with Crippen molar-refractivity contribution in [3.8, 4) is 0 Å². The van der Waals surface area contributed by atoms with Gasteiger partial charge in [-0.2, -0.15) is 0 Å². The normalized spacial score (nSPS) is 30.3. The lowest BCUT2D eigenvalue weighted by Gasteiger charge is -2.32. The van der Waals surface area contributed by atoms with Crippen LogP contribution in [0.1, 0.15) is 64.7 Å². The van der Waals surface area contributed by atoms with Gasteiger partial charge in [0.1, 0.15) is 0 Å². The Morgan fingerprint density at radius 1 is 0.947 bits per heavy atom. The highest BCUT2D eigenvalue weighted by Crippen LogP contribution is 2.30. The molecule has 19 heavy (non-hydrogen) atoms. The van der Waals surface area contributed by atoms with E-state index in [9.17, 15) is 10.2 Å². The van der Waals surface area contributed by atoms with Crippen LogP contribution in [-0.2, 0) is 0 Å². The van der Waals surface area contributed by atoms with E-state index in [0.29, 0.717) is 5.92 Å². The Morgan fingerprint density at radius 3 is 2.00 bits per heavy atom. The van der Waals surface area contributed by atoms with Gasteiger partial charge in [0.2, 0.25) is 0 Å². The Balaban J connectivity index is 2.67. The molecule has 4 unspecified atom stereocenters. The first-order chi connectivity index (χ1) is 9.16. The Kier molecular flexibility index (Phi) is 8.67. The maximum Gasteiger partial charge on any atom is 0.0827 e. The molecule has 1 fully saturated rings. The van der Waals surface area contributed by atoms with Crippen LogP contribution < -0.4 is 5.32 Å². The first-order valence-electron chi connectivity index (χ1n) is 8.17. The van der Waals surface area contributed by atoms with Crippen molar-refractivity contribution in [3.05, 3.63) is 0 Å². The van der Waals surface area contributed by atoms with E-state index < -0.39 is 12.2 Å². The first kappa shape index (κ1) is 16.9. The van der Waals surface area contributed by atoms with Crippen molar-refractivity contribution >= 4 is 0 Å². The third kappa shape index (κ3) is 6.24. The molecule has 0 aromatic carbocycles. The Morgan fingerprint density at radius 2 is 1.47 bits per heavy atom. The molecule has 0 radical (unpaired) electrons. The van der Waals surface area contributed by atoms with Crippen molar-refractivity contribution in [2.45, 2.75) is 76.9 Å². The van der Waals surface area contributed by atoms with E-state index in [2.05, 4.69) is 5.32 Å². The van der Waals surface area contributed by atoms with E-state index in [1.165, 1.54) is 51.4 Å². The third-order valence-corrected chi connectivity index (χ3v) is 4.62. The van der Waals surface area contributed by atoms with Gasteiger partial charge >= 0.3 is 0 Å². The average Bonchev–Trinajstić information content (AvgIpc) is 2.43. The zero-order chi connectivity index (χ0) is 14.1. The van der Waals surface area contributed by atoms with Gasteiger partial charge in [-0.15, -0.1) is 0 Å². The SMILES string of the molecule is CNCC1CCCCCCCCCC1C(O)C(C)O. The summed E-state index contributed by atoms with van der Waals surface area (Å²) in [6, 6.07) is 0. The number of aliphatic hydroxyl groups is 2. The molecule has 4 atom stereocenters. The van der Waals surface area contributed by atoms with Crippen LogP contribution in [0.25, 0.3) is 0 Å². The standard InChI is InChI=1S/C16H33NO2/c1-13(18)16(19)15-11-9-7-5-3-4-6-8-10-14(15)12-17-2/h13-19H,3-12H2,1-2H3. The topological polar surface area (TPSA) is 52.5 Å². The largest absolute Gasteiger partial charge is 0.391 e. The quantitative estimate of drug-likeness (QED) is 0.737. The molecule has 1 aliphatic rings. The minimum absolute atomic E-state index is 0.241. The molecule has 0 heterocycles. The summed E-state index contributed by atoms with van der Waals surface area (Å²) in [5, 5.41) is 23.3. The van der Waals surface area contributed by atoms with Crippen LogP contribution >= 0.6 is 0 Å². The molecule has 3 nitrogen and oxygen atoms in total. The van der Waals surface area contributed by atoms with Crippen molar-refractivity contribution in [2.24, 2.45) is 11.8 Å². The van der Waals surface area contributed by atoms with Crippen LogP contribution in [0.2, 0.25) is 0 Å². The second-order valence-electron chi connectivity index (χ2n) is 6.27. The van der Waals surface area contributed by atoms with Crippen LogP contribution in [-0.4, -0.2) is 36.0 Å². The van der Waals surface area contributed by atoms with E-state index in [0.717, 1.165) is 13.0 Å². The predicted octanol–water partition coefficient (Wildman–Crippen LogP) is 2.70. The Hall–Kier alpha value is -0.120. The van der Waals surface area contributed by atoms with Crippen LogP contribution in [0.5, 0.6) is 0 Å². The maximum absolute atomic E-state index is 10.3. The van der Waals surface area contributed by atoms with Crippen LogP contribution in [0.4, 0.5) is 0 Å². The molecule has 0 aliphatic heterocycles. The number of rotatable bonds is 4. The molecule has 0 aromatic heterocycles. The van der Waals surface area contributed by atoms with Crippen molar-refractivity contribution in [2.75, 3.05) is 13.6 Å². The van der Waals surface area contributed by atoms with Crippen LogP contribution in [0.3, 0.4) is 0 Å². The summed E-state index contributed by atoms with van der Waals surface area (Å²) < 4.78 is 0. The van der Waals surface area contributed by atoms with Gasteiger partial charge in [-0.05, 0) is 45.2 Å². The molecule has 1 aliphatic carbocycles. The second-order valence-corrected chi connectivity index (χ2v) is 6.27. The first-order valence-corrected chi connectivity index (χ1v) is 8.17. The van der Waals surface area contributed by atoms with Gasteiger partial charge in [0, 0.05) is 0 Å². The summed E-state index contributed by atoms with van der Waals surface area (Å²) in [5.41, 5.74) is 0. The fraction of sp³-hybridized carbons (Fsp3) is 1.00. The van der Waals surface area contributed by atoms with E-state index in [4.69, 9.17) is 0 Å². The minimum atomic E-state index is -0.616. The van der Waals surface area contributed by atoms with Gasteiger partial charge < -0.3 is 15.5 Å². The molecule has 0 amide bonds. The summed E-state index contributed by atoms with van der Waals surface area (Å²) in [5.74, 6) is 0.734. The summed E-state index contributed by atoms with van der Waals surface area (Å²) in [6.07, 6.45) is 10.1. The van der Waals surface area contributed by atoms with Crippen molar-refractivity contribution in [1.82, 2.24) is 5.32 Å². The smallest absolute Gasteiger partial charge is 0.0827 e. The van der Waals surface area contributed by atoms with E-state index in [1.54, 1.807) is 6.92 Å². The molecule has 1 rings (SSSR count). The second kappa shape index (κ2) is 9.73. The molecule has 0 aromatic rings. The van der Waals surface area contributed by atoms with Crippen molar-refractivity contribution in [3.63, 3.8) is 0 Å². The van der Waals surface area contributed by atoms with E-state index in [-0.39, 0.29) is 5.92 Å². The van der Waals surface area contributed by atoms with Gasteiger partial charge in [0.15, 0.2) is 0 Å². The third-order valence-electron chi connectivity index (χ3n) is 4.62. The molecule has 3 heteroatoms. The number of nitrogens with one attached hydrogen (secondary N) is 1. The lowest BCUT2D eigenvalue weighted by atomic mass is 9.79. The van der Waals surface area contributed by atoms with E-state index in [1.807, 2.05) is 7.05 Å². The molecule has 3 N–H and O–H groups in total. The zero-order valence-corrected chi connectivity index (χ0v) is 12.8. The molecule has 114 valence electrons. The predicted molar refractivity (Wildman–Crippen MR) is 80.1 cm³/mol. The number of hydrogen-bond acceptors (Lipinski definition) is 3. The fourth-order valence-corrected chi connectivity index (χ4v) is 3.44. The highest BCUT2D eigenvalue weighted by Gasteiger charge is 2.30. The van der Waals surface area contributed by atoms with Crippen LogP contribution in [0.15, 0.2) is 0 Å². The van der Waals surface area contributed by atoms with Gasteiger partial charge in [-0.25, -0.2) is 0 Å². The Bertz CT molecular complexity index is 221. The zero-order valence-electron chi connectivity index (χ0n) is 12.8. The Labute approximate surface area is 118 Å². The van der Waals surface area contributed by atoms with Crippen LogP contribution in [0, 0.1) is 11.8 Å². The average molecular weight is 271 g/mol. The summed E-state index contributed by atoms with van der Waals surface area (Å²) in [6.45, 7) is 2.67. The van der Waals surface area contributed by atoms with Gasteiger partial charge in [0.25, 0.3) is 0 Å². The number of hydrogen-bond donors (Lipinski definition) is 3. The van der Waals surface area contributed by atoms with Crippen molar-refractivity contribution < 1.29 is 10.2 Å². The van der Waals surface area contributed by atoms with Crippen molar-refractivity contribution in [1.29, 1.82) is 0 Å². The number of aliphatic hydroxyl groups excluding tert-OH is 2. The molecular formula is C16H33NO2. The maximum atomic E-state index is 10.3. The van der Waals surface area contributed by atoms with Gasteiger partial charge in [0.05, 0.1) is 12.2 Å². The fourth-order valence-electron chi connectivity index (χ4n) is 3.44. The van der Waals surface area contributed by atoms with Gasteiger partial charge in [-0.1, -0.05) is 44.9 Å². The monoisotopic (exact) mass is 271 g/mol. The molecule has 0 bridgehead atoms. The summed E-state index contributed by atoms with van der Waals surface area (Å²) in [4.78, 5) is 0. The molecule has 1 saturated carbocycles. The summed E-state index contributed by atoms with van der Waals surface area (Å²) >= 11 is 0. The molecule has 0 spiro atoms. The minimum Gasteiger partial charge on any atom is -0.391 e. The molecule has 0 saturated heterocycles. The van der Waals surface area contributed by atoms with Gasteiger partial charge in [-0.3, -0.25) is 0 Å². The lowest BCUT2D eigenvalue weighted by Crippen LogP contribution is -2.39. The molecular weight excluding hydrogens is 238 g/mol.